The maximum atomic E-state index is 12.7. The third kappa shape index (κ3) is 2.57. The zero-order valence-electron chi connectivity index (χ0n) is 11.5. The van der Waals surface area contributed by atoms with E-state index in [2.05, 4.69) is 0 Å². The fraction of sp³-hybridized carbons (Fsp3) is 0.286. The maximum Gasteiger partial charge on any atom is 0.243 e. The minimum atomic E-state index is -3.57. The molecule has 21 heavy (non-hydrogen) atoms. The number of fused-ring (bicyclic) bond motifs is 1. The smallest absolute Gasteiger partial charge is 0.243 e. The predicted octanol–water partition coefficient (Wildman–Crippen LogP) is 3.04. The van der Waals surface area contributed by atoms with E-state index < -0.39 is 10.0 Å². The number of halogens is 1. The largest absolute Gasteiger partial charge is 0.398 e. The third-order valence-electron chi connectivity index (χ3n) is 3.77. The molecule has 1 aliphatic heterocycles. The van der Waals surface area contributed by atoms with E-state index in [1.54, 1.807) is 18.3 Å². The lowest BCUT2D eigenvalue weighted by Crippen LogP contribution is -2.35. The Morgan fingerprint density at radius 1 is 1.38 bits per heavy atom. The van der Waals surface area contributed by atoms with Crippen LogP contribution >= 0.6 is 22.9 Å². The molecule has 0 radical (unpaired) electrons. The molecule has 1 aromatic heterocycles. The van der Waals surface area contributed by atoms with Gasteiger partial charge in [0.05, 0.1) is 4.90 Å². The molecule has 2 aromatic rings. The summed E-state index contributed by atoms with van der Waals surface area (Å²) in [5, 5.41) is 2.38. The third-order valence-corrected chi connectivity index (χ3v) is 7.01. The van der Waals surface area contributed by atoms with E-state index in [1.807, 2.05) is 11.4 Å². The Balaban J connectivity index is 1.98. The molecule has 0 saturated carbocycles. The van der Waals surface area contributed by atoms with Crippen LogP contribution in [0.3, 0.4) is 0 Å². The molecule has 0 atom stereocenters. The van der Waals surface area contributed by atoms with Crippen LogP contribution in [0.25, 0.3) is 0 Å². The molecule has 0 fully saturated rings. The summed E-state index contributed by atoms with van der Waals surface area (Å²) >= 11 is 7.74. The first kappa shape index (κ1) is 14.8. The first-order valence-electron chi connectivity index (χ1n) is 6.50. The number of sulfonamides is 1. The molecule has 3 rings (SSSR count). The van der Waals surface area contributed by atoms with E-state index in [0.29, 0.717) is 29.4 Å². The van der Waals surface area contributed by atoms with E-state index in [0.717, 1.165) is 12.0 Å². The van der Waals surface area contributed by atoms with Crippen molar-refractivity contribution in [3.8, 4) is 0 Å². The number of benzene rings is 1. The second-order valence-electron chi connectivity index (χ2n) is 5.08. The van der Waals surface area contributed by atoms with Gasteiger partial charge in [0, 0.05) is 28.7 Å². The Kier molecular flexibility index (Phi) is 3.73. The maximum absolute atomic E-state index is 12.7. The van der Waals surface area contributed by atoms with E-state index in [-0.39, 0.29) is 4.90 Å². The fourth-order valence-electron chi connectivity index (χ4n) is 2.40. The molecule has 0 unspecified atom stereocenters. The van der Waals surface area contributed by atoms with Crippen LogP contribution in [0.1, 0.15) is 16.0 Å². The zero-order valence-corrected chi connectivity index (χ0v) is 13.9. The normalized spacial score (nSPS) is 15.9. The van der Waals surface area contributed by atoms with Crippen molar-refractivity contribution < 1.29 is 8.42 Å². The molecule has 0 aliphatic carbocycles. The first-order valence-corrected chi connectivity index (χ1v) is 9.20. The lowest BCUT2D eigenvalue weighted by Gasteiger charge is -2.26. The van der Waals surface area contributed by atoms with Crippen LogP contribution < -0.4 is 5.73 Å². The van der Waals surface area contributed by atoms with Gasteiger partial charge >= 0.3 is 0 Å². The number of anilines is 1. The Morgan fingerprint density at radius 3 is 2.86 bits per heavy atom. The van der Waals surface area contributed by atoms with Gasteiger partial charge in [0.2, 0.25) is 10.0 Å². The Bertz CT molecular complexity index is 776. The summed E-state index contributed by atoms with van der Waals surface area (Å²) < 4.78 is 27.0. The molecule has 0 spiro atoms. The monoisotopic (exact) mass is 342 g/mol. The Hall–Kier alpha value is -1.08. The van der Waals surface area contributed by atoms with Gasteiger partial charge < -0.3 is 5.73 Å². The van der Waals surface area contributed by atoms with Gasteiger partial charge in [0.25, 0.3) is 0 Å². The number of hydrogen-bond donors (Lipinski definition) is 1. The second-order valence-corrected chi connectivity index (χ2v) is 8.42. The number of rotatable bonds is 2. The average Bonchev–Trinajstić information content (AvgIpc) is 2.91. The number of hydrogen-bond acceptors (Lipinski definition) is 4. The average molecular weight is 343 g/mol. The van der Waals surface area contributed by atoms with Crippen LogP contribution in [0.15, 0.2) is 28.5 Å². The van der Waals surface area contributed by atoms with Gasteiger partial charge in [-0.3, -0.25) is 0 Å². The van der Waals surface area contributed by atoms with Gasteiger partial charge in [0.15, 0.2) is 0 Å². The molecule has 0 bridgehead atoms. The topological polar surface area (TPSA) is 63.4 Å². The summed E-state index contributed by atoms with van der Waals surface area (Å²) in [5.74, 6) is 0. The van der Waals surface area contributed by atoms with Crippen molar-refractivity contribution in [2.45, 2.75) is 24.8 Å². The Labute approximate surface area is 133 Å². The van der Waals surface area contributed by atoms with Crippen molar-refractivity contribution in [3.63, 3.8) is 0 Å². The van der Waals surface area contributed by atoms with Gasteiger partial charge in [0.1, 0.15) is 0 Å². The van der Waals surface area contributed by atoms with Crippen molar-refractivity contribution in [2.24, 2.45) is 0 Å². The first-order chi connectivity index (χ1) is 9.89. The molecule has 2 N–H and O–H groups in total. The molecule has 0 amide bonds. The summed E-state index contributed by atoms with van der Waals surface area (Å²) in [4.78, 5) is 1.43. The summed E-state index contributed by atoms with van der Waals surface area (Å²) in [6, 6.07) is 4.95. The van der Waals surface area contributed by atoms with E-state index in [9.17, 15) is 8.42 Å². The van der Waals surface area contributed by atoms with Gasteiger partial charge in [-0.25, -0.2) is 8.42 Å². The predicted molar refractivity (Wildman–Crippen MR) is 86.2 cm³/mol. The molecular weight excluding hydrogens is 328 g/mol. The van der Waals surface area contributed by atoms with Crippen LogP contribution in [-0.4, -0.2) is 19.3 Å². The van der Waals surface area contributed by atoms with E-state index in [4.69, 9.17) is 17.3 Å². The summed E-state index contributed by atoms with van der Waals surface area (Å²) in [5.41, 5.74) is 8.03. The van der Waals surface area contributed by atoms with E-state index >= 15 is 0 Å². The number of thiophene rings is 1. The lowest BCUT2D eigenvalue weighted by molar-refractivity contribution is 0.394. The van der Waals surface area contributed by atoms with Crippen molar-refractivity contribution in [3.05, 3.63) is 44.6 Å². The van der Waals surface area contributed by atoms with Gasteiger partial charge in [-0.2, -0.15) is 4.31 Å². The van der Waals surface area contributed by atoms with Crippen LogP contribution in [0.4, 0.5) is 5.69 Å². The van der Waals surface area contributed by atoms with Crippen LogP contribution in [0, 0.1) is 6.92 Å². The number of nitrogens with zero attached hydrogens (tertiary/aromatic N) is 1. The summed E-state index contributed by atoms with van der Waals surface area (Å²) in [6.45, 7) is 2.67. The molecule has 112 valence electrons. The standard InChI is InChI=1S/C14H15ClN2O2S2/c1-9-12(15)6-11(7-13(9)16)21(18,19)17-4-2-14-10(8-17)3-5-20-14/h3,5-7H,2,4,8,16H2,1H3. The van der Waals surface area contributed by atoms with Crippen molar-refractivity contribution in [2.75, 3.05) is 12.3 Å². The highest BCUT2D eigenvalue weighted by Crippen LogP contribution is 2.31. The molecule has 2 heterocycles. The molecule has 1 aromatic carbocycles. The molecule has 4 nitrogen and oxygen atoms in total. The fourth-order valence-corrected chi connectivity index (χ4v) is 5.06. The van der Waals surface area contributed by atoms with Crippen molar-refractivity contribution >= 4 is 38.6 Å². The van der Waals surface area contributed by atoms with Gasteiger partial charge in [-0.05, 0) is 48.1 Å². The van der Waals surface area contributed by atoms with Crippen LogP contribution in [-0.2, 0) is 23.0 Å². The summed E-state index contributed by atoms with van der Waals surface area (Å²) in [7, 11) is -3.57. The number of nitrogen functional groups attached to an aromatic ring is 1. The highest BCUT2D eigenvalue weighted by molar-refractivity contribution is 7.89. The Morgan fingerprint density at radius 2 is 2.14 bits per heavy atom. The van der Waals surface area contributed by atoms with Crippen LogP contribution in [0.2, 0.25) is 5.02 Å². The van der Waals surface area contributed by atoms with Gasteiger partial charge in [-0.1, -0.05) is 11.6 Å². The molecule has 0 saturated heterocycles. The molecular formula is C14H15ClN2O2S2. The highest BCUT2D eigenvalue weighted by Gasteiger charge is 2.29. The van der Waals surface area contributed by atoms with Crippen molar-refractivity contribution in [1.82, 2.24) is 4.31 Å². The highest BCUT2D eigenvalue weighted by atomic mass is 35.5. The van der Waals surface area contributed by atoms with Crippen molar-refractivity contribution in [1.29, 1.82) is 0 Å². The SMILES string of the molecule is Cc1c(N)cc(S(=O)(=O)N2CCc3sccc3C2)cc1Cl. The van der Waals surface area contributed by atoms with E-state index in [1.165, 1.54) is 21.3 Å². The minimum Gasteiger partial charge on any atom is -0.398 e. The quantitative estimate of drug-likeness (QED) is 0.853. The van der Waals surface area contributed by atoms with Crippen LogP contribution in [0.5, 0.6) is 0 Å². The molecule has 1 aliphatic rings. The van der Waals surface area contributed by atoms with Gasteiger partial charge in [-0.15, -0.1) is 11.3 Å². The lowest BCUT2D eigenvalue weighted by atomic mass is 10.1. The minimum absolute atomic E-state index is 0.161. The summed E-state index contributed by atoms with van der Waals surface area (Å²) in [6.07, 6.45) is 0.751. The molecule has 7 heteroatoms. The zero-order chi connectivity index (χ0) is 15.2. The number of nitrogens with two attached hydrogens (primary N) is 1. The second kappa shape index (κ2) is 5.28.